The van der Waals surface area contributed by atoms with Crippen molar-refractivity contribution >= 4 is 12.3 Å². The molecule has 0 saturated carbocycles. The fourth-order valence-electron chi connectivity index (χ4n) is 3.73. The molecular formula is C24H48N2O3. The van der Waals surface area contributed by atoms with E-state index in [1.54, 1.807) is 0 Å². The van der Waals surface area contributed by atoms with Crippen LogP contribution in [0.3, 0.4) is 0 Å². The number of rotatable bonds is 24. The molecule has 0 rings (SSSR count). The summed E-state index contributed by atoms with van der Waals surface area (Å²) in [4.78, 5) is 20.9. The summed E-state index contributed by atoms with van der Waals surface area (Å²) >= 11 is 0. The maximum absolute atomic E-state index is 10.7. The Labute approximate surface area is 180 Å². The van der Waals surface area contributed by atoms with Gasteiger partial charge in [-0.1, -0.05) is 96.8 Å². The number of hydrazine groups is 1. The smallest absolute Gasteiger partial charge is 0.304 e. The highest BCUT2D eigenvalue weighted by Crippen LogP contribution is 2.14. The van der Waals surface area contributed by atoms with Gasteiger partial charge in [0.2, 0.25) is 0 Å². The number of nitrogens with one attached hydrogen (secondary N) is 1. The van der Waals surface area contributed by atoms with Crippen molar-refractivity contribution in [1.29, 1.82) is 0 Å². The first-order valence-electron chi connectivity index (χ1n) is 12.3. The van der Waals surface area contributed by atoms with Gasteiger partial charge in [-0.05, 0) is 12.8 Å². The van der Waals surface area contributed by atoms with E-state index in [-0.39, 0.29) is 6.42 Å². The molecule has 0 bridgehead atoms. The van der Waals surface area contributed by atoms with Gasteiger partial charge in [-0.3, -0.25) is 10.2 Å². The molecule has 0 spiro atoms. The summed E-state index contributed by atoms with van der Waals surface area (Å²) in [5.41, 5.74) is 3.25. The number of nitrogens with zero attached hydrogens (tertiary/aromatic N) is 1. The predicted octanol–water partition coefficient (Wildman–Crippen LogP) is 6.12. The average molecular weight is 413 g/mol. The van der Waals surface area contributed by atoms with Crippen LogP contribution in [0.5, 0.6) is 0 Å². The molecule has 0 aliphatic carbocycles. The van der Waals surface area contributed by atoms with Crippen molar-refractivity contribution in [3.63, 3.8) is 0 Å². The van der Waals surface area contributed by atoms with Crippen molar-refractivity contribution < 1.29 is 14.7 Å². The highest BCUT2D eigenvalue weighted by atomic mass is 16.4. The predicted molar refractivity (Wildman–Crippen MR) is 122 cm³/mol. The normalized spacial score (nSPS) is 11.2. The molecule has 5 nitrogen and oxygen atoms in total. The fraction of sp³-hybridized carbons (Fsp3) is 0.917. The topological polar surface area (TPSA) is 69.6 Å². The number of carbonyl (C=O) groups excluding carboxylic acids is 1. The van der Waals surface area contributed by atoms with Gasteiger partial charge >= 0.3 is 5.97 Å². The summed E-state index contributed by atoms with van der Waals surface area (Å²) in [6.07, 6.45) is 22.9. The third-order valence-corrected chi connectivity index (χ3v) is 5.48. The number of carbonyl (C=O) groups is 2. The van der Waals surface area contributed by atoms with Crippen LogP contribution in [0.1, 0.15) is 122 Å². The molecule has 0 radical (unpaired) electrons. The molecule has 0 amide bonds. The molecule has 0 aromatic rings. The zero-order chi connectivity index (χ0) is 21.4. The second-order valence-corrected chi connectivity index (χ2v) is 8.25. The maximum atomic E-state index is 10.7. The molecule has 5 heteroatoms. The van der Waals surface area contributed by atoms with Crippen molar-refractivity contribution in [3.05, 3.63) is 0 Å². The van der Waals surface area contributed by atoms with E-state index in [1.165, 1.54) is 89.9 Å². The first-order chi connectivity index (χ1) is 14.2. The zero-order valence-electron chi connectivity index (χ0n) is 19.1. The quantitative estimate of drug-likeness (QED) is 0.114. The van der Waals surface area contributed by atoms with Crippen LogP contribution in [0, 0.1) is 0 Å². The Hall–Kier alpha value is -0.940. The number of carboxylic acids is 1. The van der Waals surface area contributed by atoms with Crippen LogP contribution in [-0.2, 0) is 9.59 Å². The van der Waals surface area contributed by atoms with Gasteiger partial charge in [0.1, 0.15) is 6.29 Å². The van der Waals surface area contributed by atoms with Gasteiger partial charge in [0.05, 0.1) is 6.42 Å². The molecule has 2 N–H and O–H groups in total. The molecule has 0 fully saturated rings. The van der Waals surface area contributed by atoms with Crippen LogP contribution >= 0.6 is 0 Å². The third-order valence-electron chi connectivity index (χ3n) is 5.48. The van der Waals surface area contributed by atoms with Crippen LogP contribution in [0.25, 0.3) is 0 Å². The van der Waals surface area contributed by atoms with Crippen molar-refractivity contribution in [2.45, 2.75) is 122 Å². The lowest BCUT2D eigenvalue weighted by Gasteiger charge is -2.21. The average Bonchev–Trinajstić information content (AvgIpc) is 2.71. The van der Waals surface area contributed by atoms with Gasteiger partial charge in [0.25, 0.3) is 0 Å². The van der Waals surface area contributed by atoms with Crippen LogP contribution in [-0.4, -0.2) is 42.0 Å². The highest BCUT2D eigenvalue weighted by Gasteiger charge is 2.05. The summed E-state index contributed by atoms with van der Waals surface area (Å²) in [6.45, 7) is 4.43. The van der Waals surface area contributed by atoms with E-state index in [0.717, 1.165) is 38.6 Å². The van der Waals surface area contributed by atoms with E-state index in [4.69, 9.17) is 5.11 Å². The van der Waals surface area contributed by atoms with E-state index in [0.29, 0.717) is 6.54 Å². The van der Waals surface area contributed by atoms with E-state index in [9.17, 15) is 9.59 Å². The van der Waals surface area contributed by atoms with Gasteiger partial charge in [-0.25, -0.2) is 5.01 Å². The Bertz CT molecular complexity index is 364. The van der Waals surface area contributed by atoms with E-state index >= 15 is 0 Å². The lowest BCUT2D eigenvalue weighted by molar-refractivity contribution is -0.137. The standard InChI is InChI=1S/C24H48N2O3/c1-2-25-26(22-20-24(28)29)21-18-16-14-12-10-8-6-4-3-5-7-9-11-13-15-17-19-23-27/h23,25H,2-22H2,1H3,(H,28,29). The van der Waals surface area contributed by atoms with Crippen molar-refractivity contribution in [2.24, 2.45) is 0 Å². The first kappa shape index (κ1) is 28.1. The number of hydrogen-bond acceptors (Lipinski definition) is 4. The Morgan fingerprint density at radius 1 is 0.724 bits per heavy atom. The number of aliphatic carboxylic acids is 1. The monoisotopic (exact) mass is 412 g/mol. The minimum absolute atomic E-state index is 0.204. The molecule has 0 heterocycles. The second kappa shape index (κ2) is 23.3. The van der Waals surface area contributed by atoms with E-state index in [2.05, 4.69) is 10.4 Å². The Balaban J connectivity index is 3.24. The van der Waals surface area contributed by atoms with Gasteiger partial charge in [0.15, 0.2) is 0 Å². The van der Waals surface area contributed by atoms with Crippen molar-refractivity contribution in [3.8, 4) is 0 Å². The van der Waals surface area contributed by atoms with E-state index in [1.807, 2.05) is 6.92 Å². The Morgan fingerprint density at radius 2 is 1.14 bits per heavy atom. The van der Waals surface area contributed by atoms with Crippen LogP contribution in [0.4, 0.5) is 0 Å². The van der Waals surface area contributed by atoms with Gasteiger partial charge in [-0.15, -0.1) is 0 Å². The largest absolute Gasteiger partial charge is 0.481 e. The van der Waals surface area contributed by atoms with Crippen molar-refractivity contribution in [1.82, 2.24) is 10.4 Å². The molecule has 0 aliphatic heterocycles. The minimum Gasteiger partial charge on any atom is -0.481 e. The van der Waals surface area contributed by atoms with Crippen LogP contribution in [0.15, 0.2) is 0 Å². The lowest BCUT2D eigenvalue weighted by atomic mass is 10.0. The summed E-state index contributed by atoms with van der Waals surface area (Å²) in [5, 5.41) is 10.9. The molecule has 0 unspecified atom stereocenters. The second-order valence-electron chi connectivity index (χ2n) is 8.25. The minimum atomic E-state index is -0.727. The number of aldehydes is 1. The highest BCUT2D eigenvalue weighted by molar-refractivity contribution is 5.66. The van der Waals surface area contributed by atoms with Crippen LogP contribution < -0.4 is 5.43 Å². The molecule has 0 aliphatic rings. The summed E-state index contributed by atoms with van der Waals surface area (Å²) in [7, 11) is 0. The number of unbranched alkanes of at least 4 members (excludes halogenated alkanes) is 16. The SMILES string of the molecule is CCNN(CCCCCCCCCCCCCCCCCCC=O)CCC(=O)O. The lowest BCUT2D eigenvalue weighted by Crippen LogP contribution is -2.40. The molecule has 0 saturated heterocycles. The summed E-state index contributed by atoms with van der Waals surface area (Å²) in [6, 6.07) is 0. The van der Waals surface area contributed by atoms with Gasteiger partial charge in [0, 0.05) is 26.1 Å². The molecule has 0 atom stereocenters. The number of hydrogen-bond donors (Lipinski definition) is 2. The van der Waals surface area contributed by atoms with Crippen LogP contribution in [0.2, 0.25) is 0 Å². The molecule has 0 aromatic heterocycles. The first-order valence-corrected chi connectivity index (χ1v) is 12.3. The maximum Gasteiger partial charge on any atom is 0.304 e. The van der Waals surface area contributed by atoms with Crippen molar-refractivity contribution in [2.75, 3.05) is 19.6 Å². The zero-order valence-corrected chi connectivity index (χ0v) is 19.1. The Kier molecular flexibility index (Phi) is 22.6. The third kappa shape index (κ3) is 23.2. The fourth-order valence-corrected chi connectivity index (χ4v) is 3.73. The number of carboxylic acid groups (broad SMARTS) is 1. The summed E-state index contributed by atoms with van der Waals surface area (Å²) in [5.74, 6) is -0.727. The van der Waals surface area contributed by atoms with Gasteiger partial charge in [-0.2, -0.15) is 0 Å². The molecular weight excluding hydrogens is 364 g/mol. The van der Waals surface area contributed by atoms with Gasteiger partial charge < -0.3 is 9.90 Å². The van der Waals surface area contributed by atoms with E-state index < -0.39 is 5.97 Å². The molecule has 172 valence electrons. The summed E-state index contributed by atoms with van der Waals surface area (Å²) < 4.78 is 0. The molecule has 29 heavy (non-hydrogen) atoms. The Morgan fingerprint density at radius 3 is 1.52 bits per heavy atom. The molecule has 0 aromatic carbocycles.